The maximum absolute atomic E-state index is 12.1. The number of nitrogens with two attached hydrogens (primary N) is 1. The van der Waals surface area contributed by atoms with Crippen molar-refractivity contribution in [2.75, 3.05) is 0 Å². The SMILES string of the molecule is CC(C)(C)CCC(=O)NC1C2CCCC1CC(N)C2. The van der Waals surface area contributed by atoms with Crippen LogP contribution in [-0.4, -0.2) is 18.0 Å². The van der Waals surface area contributed by atoms with Crippen molar-refractivity contribution in [1.82, 2.24) is 5.32 Å². The van der Waals surface area contributed by atoms with E-state index in [1.807, 2.05) is 0 Å². The molecule has 0 aliphatic heterocycles. The predicted octanol–water partition coefficient (Wildman–Crippen LogP) is 2.83. The quantitative estimate of drug-likeness (QED) is 0.825. The van der Waals surface area contributed by atoms with Crippen molar-refractivity contribution in [3.63, 3.8) is 0 Å². The summed E-state index contributed by atoms with van der Waals surface area (Å²) in [5, 5.41) is 3.32. The normalized spacial score (nSPS) is 34.9. The minimum atomic E-state index is 0.238. The van der Waals surface area contributed by atoms with Gasteiger partial charge in [0.25, 0.3) is 0 Å². The van der Waals surface area contributed by atoms with Crippen LogP contribution in [0.15, 0.2) is 0 Å². The number of carbonyl (C=O) groups excluding carboxylic acids is 1. The second-order valence-corrected chi connectivity index (χ2v) is 7.84. The van der Waals surface area contributed by atoms with E-state index in [9.17, 15) is 4.79 Å². The number of nitrogens with one attached hydrogen (secondary N) is 1. The third-order valence-corrected chi connectivity index (χ3v) is 4.81. The second kappa shape index (κ2) is 5.82. The summed E-state index contributed by atoms with van der Waals surface area (Å²) in [4.78, 5) is 12.1. The number of fused-ring (bicyclic) bond motifs is 2. The molecule has 3 nitrogen and oxygen atoms in total. The fraction of sp³-hybridized carbons (Fsp3) is 0.938. The molecule has 2 rings (SSSR count). The van der Waals surface area contributed by atoms with Gasteiger partial charge in [0.1, 0.15) is 0 Å². The fourth-order valence-electron chi connectivity index (χ4n) is 3.77. The summed E-state index contributed by atoms with van der Waals surface area (Å²) in [6, 6.07) is 0.763. The summed E-state index contributed by atoms with van der Waals surface area (Å²) < 4.78 is 0. The minimum Gasteiger partial charge on any atom is -0.353 e. The minimum absolute atomic E-state index is 0.238. The molecule has 0 aromatic rings. The monoisotopic (exact) mass is 266 g/mol. The Bertz CT molecular complexity index is 307. The third-order valence-electron chi connectivity index (χ3n) is 4.81. The van der Waals surface area contributed by atoms with Gasteiger partial charge in [0.15, 0.2) is 0 Å². The zero-order chi connectivity index (χ0) is 14.0. The highest BCUT2D eigenvalue weighted by Crippen LogP contribution is 2.39. The maximum Gasteiger partial charge on any atom is 0.220 e. The van der Waals surface area contributed by atoms with Gasteiger partial charge in [-0.05, 0) is 49.4 Å². The maximum atomic E-state index is 12.1. The number of rotatable bonds is 3. The third kappa shape index (κ3) is 4.20. The summed E-state index contributed by atoms with van der Waals surface area (Å²) in [6.07, 6.45) is 7.62. The molecule has 110 valence electrons. The van der Waals surface area contributed by atoms with Gasteiger partial charge in [-0.3, -0.25) is 4.79 Å². The molecule has 0 aromatic carbocycles. The second-order valence-electron chi connectivity index (χ2n) is 7.84. The molecular formula is C16H30N2O. The molecule has 2 aliphatic carbocycles. The molecule has 2 fully saturated rings. The first kappa shape index (κ1) is 14.8. The highest BCUT2D eigenvalue weighted by atomic mass is 16.1. The molecule has 2 unspecified atom stereocenters. The lowest BCUT2D eigenvalue weighted by molar-refractivity contribution is -0.123. The van der Waals surface area contributed by atoms with Crippen LogP contribution in [0, 0.1) is 17.3 Å². The van der Waals surface area contributed by atoms with E-state index in [1.165, 1.54) is 19.3 Å². The van der Waals surface area contributed by atoms with Crippen molar-refractivity contribution in [2.24, 2.45) is 23.0 Å². The van der Waals surface area contributed by atoms with Crippen molar-refractivity contribution < 1.29 is 4.79 Å². The predicted molar refractivity (Wildman–Crippen MR) is 78.7 cm³/mol. The molecular weight excluding hydrogens is 236 g/mol. The summed E-state index contributed by atoms with van der Waals surface area (Å²) in [7, 11) is 0. The highest BCUT2D eigenvalue weighted by Gasteiger charge is 2.39. The Morgan fingerprint density at radius 3 is 2.32 bits per heavy atom. The largest absolute Gasteiger partial charge is 0.353 e. The van der Waals surface area contributed by atoms with Crippen LogP contribution in [0.25, 0.3) is 0 Å². The zero-order valence-corrected chi connectivity index (χ0v) is 12.7. The van der Waals surface area contributed by atoms with Gasteiger partial charge in [0.2, 0.25) is 5.91 Å². The van der Waals surface area contributed by atoms with Gasteiger partial charge in [0, 0.05) is 18.5 Å². The summed E-state index contributed by atoms with van der Waals surface area (Å²) in [5.74, 6) is 1.49. The Balaban J connectivity index is 1.86. The fourth-order valence-corrected chi connectivity index (χ4v) is 3.77. The van der Waals surface area contributed by atoms with E-state index >= 15 is 0 Å². The molecule has 2 bridgehead atoms. The molecule has 0 spiro atoms. The Hall–Kier alpha value is -0.570. The van der Waals surface area contributed by atoms with Gasteiger partial charge in [-0.1, -0.05) is 27.2 Å². The number of carbonyl (C=O) groups is 1. The van der Waals surface area contributed by atoms with E-state index < -0.39 is 0 Å². The standard InChI is InChI=1S/C16H30N2O/c1-16(2,3)8-7-14(19)18-15-11-5-4-6-12(15)10-13(17)9-11/h11-13,15H,4-10,17H2,1-3H3,(H,18,19). The Labute approximate surface area is 117 Å². The van der Waals surface area contributed by atoms with Crippen molar-refractivity contribution in [1.29, 1.82) is 0 Å². The lowest BCUT2D eigenvalue weighted by atomic mass is 9.67. The molecule has 2 saturated carbocycles. The summed E-state index contributed by atoms with van der Waals surface area (Å²) in [6.45, 7) is 6.57. The van der Waals surface area contributed by atoms with Crippen LogP contribution >= 0.6 is 0 Å². The number of hydrogen-bond donors (Lipinski definition) is 2. The van der Waals surface area contributed by atoms with Crippen molar-refractivity contribution >= 4 is 5.91 Å². The lowest BCUT2D eigenvalue weighted by Crippen LogP contribution is -2.53. The van der Waals surface area contributed by atoms with E-state index in [0.29, 0.717) is 30.3 Å². The summed E-state index contributed by atoms with van der Waals surface area (Å²) in [5.41, 5.74) is 6.36. The van der Waals surface area contributed by atoms with Crippen LogP contribution in [0.4, 0.5) is 0 Å². The number of hydrogen-bond acceptors (Lipinski definition) is 2. The van der Waals surface area contributed by atoms with Gasteiger partial charge in [0.05, 0.1) is 0 Å². The van der Waals surface area contributed by atoms with Crippen LogP contribution in [-0.2, 0) is 4.79 Å². The van der Waals surface area contributed by atoms with Crippen LogP contribution in [0.3, 0.4) is 0 Å². The highest BCUT2D eigenvalue weighted by molar-refractivity contribution is 5.76. The van der Waals surface area contributed by atoms with Gasteiger partial charge in [-0.25, -0.2) is 0 Å². The molecule has 2 atom stereocenters. The van der Waals surface area contributed by atoms with Gasteiger partial charge in [-0.15, -0.1) is 0 Å². The Morgan fingerprint density at radius 1 is 1.21 bits per heavy atom. The van der Waals surface area contributed by atoms with Crippen LogP contribution < -0.4 is 11.1 Å². The number of amides is 1. The molecule has 1 amide bonds. The van der Waals surface area contributed by atoms with Crippen molar-refractivity contribution in [3.05, 3.63) is 0 Å². The van der Waals surface area contributed by atoms with Crippen LogP contribution in [0.1, 0.15) is 65.7 Å². The zero-order valence-electron chi connectivity index (χ0n) is 12.7. The molecule has 0 heterocycles. The van der Waals surface area contributed by atoms with E-state index in [-0.39, 0.29) is 11.3 Å². The average molecular weight is 266 g/mol. The van der Waals surface area contributed by atoms with E-state index in [2.05, 4.69) is 26.1 Å². The first-order chi connectivity index (χ1) is 8.85. The topological polar surface area (TPSA) is 55.1 Å². The molecule has 0 aromatic heterocycles. The molecule has 19 heavy (non-hydrogen) atoms. The molecule has 0 saturated heterocycles. The lowest BCUT2D eigenvalue weighted by Gasteiger charge is -2.45. The van der Waals surface area contributed by atoms with Crippen molar-refractivity contribution in [2.45, 2.75) is 77.8 Å². The Morgan fingerprint density at radius 2 is 1.79 bits per heavy atom. The first-order valence-electron chi connectivity index (χ1n) is 7.90. The van der Waals surface area contributed by atoms with Crippen molar-refractivity contribution in [3.8, 4) is 0 Å². The van der Waals surface area contributed by atoms with E-state index in [0.717, 1.165) is 19.3 Å². The smallest absolute Gasteiger partial charge is 0.220 e. The first-order valence-corrected chi connectivity index (χ1v) is 7.90. The molecule has 3 heteroatoms. The van der Waals surface area contributed by atoms with Gasteiger partial charge in [-0.2, -0.15) is 0 Å². The van der Waals surface area contributed by atoms with E-state index in [4.69, 9.17) is 5.73 Å². The molecule has 2 aliphatic rings. The molecule has 0 radical (unpaired) electrons. The average Bonchev–Trinajstić information content (AvgIpc) is 2.27. The van der Waals surface area contributed by atoms with Crippen LogP contribution in [0.2, 0.25) is 0 Å². The van der Waals surface area contributed by atoms with E-state index in [1.54, 1.807) is 0 Å². The van der Waals surface area contributed by atoms with Gasteiger partial charge >= 0.3 is 0 Å². The van der Waals surface area contributed by atoms with Gasteiger partial charge < -0.3 is 11.1 Å². The summed E-state index contributed by atoms with van der Waals surface area (Å²) >= 11 is 0. The Kier molecular flexibility index (Phi) is 4.54. The van der Waals surface area contributed by atoms with Crippen LogP contribution in [0.5, 0.6) is 0 Å². The molecule has 3 N–H and O–H groups in total.